The summed E-state index contributed by atoms with van der Waals surface area (Å²) in [5.41, 5.74) is 0.891. The highest BCUT2D eigenvalue weighted by Crippen LogP contribution is 3.11. The number of allylic oxidation sites excluding steroid dienone is 1. The van der Waals surface area contributed by atoms with Crippen LogP contribution in [-0.4, -0.2) is 34.5 Å². The molecule has 1 aromatic carbocycles. The summed E-state index contributed by atoms with van der Waals surface area (Å²) in [5, 5.41) is 15.9. The SMILES string of the molecule is CCOC(=O)C1=C(C23C4C5C2C2C3C4C52C(=O)O)NC(c2nccs2)=N[C@H]1c1ccc(Cl)c(F)c1. The molecule has 7 aliphatic rings. The second kappa shape index (κ2) is 6.13. The van der Waals surface area contributed by atoms with Gasteiger partial charge in [-0.2, -0.15) is 0 Å². The Morgan fingerprint density at radius 2 is 1.94 bits per heavy atom. The number of carbonyl (C=O) groups is 2. The van der Waals surface area contributed by atoms with E-state index in [9.17, 15) is 19.1 Å². The van der Waals surface area contributed by atoms with Crippen molar-refractivity contribution in [2.45, 2.75) is 13.0 Å². The van der Waals surface area contributed by atoms with E-state index in [-0.39, 0.29) is 52.6 Å². The highest BCUT2D eigenvalue weighted by atomic mass is 35.5. The Balaban J connectivity index is 1.29. The normalized spacial score (nSPS) is 42.3. The molecule has 1 aromatic heterocycles. The van der Waals surface area contributed by atoms with Crippen molar-refractivity contribution < 1.29 is 23.8 Å². The molecule has 178 valence electrons. The van der Waals surface area contributed by atoms with E-state index in [0.29, 0.717) is 22.0 Å². The molecule has 10 heteroatoms. The molecule has 0 radical (unpaired) electrons. The molecule has 0 unspecified atom stereocenters. The maximum atomic E-state index is 14.5. The van der Waals surface area contributed by atoms with Crippen LogP contribution in [0.25, 0.3) is 0 Å². The third-order valence-electron chi connectivity index (χ3n) is 9.87. The molecule has 0 bridgehead atoms. The average molecular weight is 512 g/mol. The van der Waals surface area contributed by atoms with Gasteiger partial charge in [-0.1, -0.05) is 17.7 Å². The Bertz CT molecular complexity index is 1380. The van der Waals surface area contributed by atoms with Gasteiger partial charge < -0.3 is 15.2 Å². The lowest BCUT2D eigenvalue weighted by molar-refractivity contribution is -0.633. The molecule has 6 saturated carbocycles. The lowest BCUT2D eigenvalue weighted by Gasteiger charge is -3.10. The molecule has 6 aliphatic carbocycles. The van der Waals surface area contributed by atoms with Crippen LogP contribution in [0.5, 0.6) is 0 Å². The number of carboxylic acids is 1. The fourth-order valence-corrected chi connectivity index (χ4v) is 9.85. The zero-order valence-corrected chi connectivity index (χ0v) is 19.9. The summed E-state index contributed by atoms with van der Waals surface area (Å²) in [5.74, 6) is 0.118. The molecule has 2 N–H and O–H groups in total. The molecule has 9 rings (SSSR count). The van der Waals surface area contributed by atoms with Crippen molar-refractivity contribution in [3.8, 4) is 0 Å². The fraction of sp³-hybridized carbons (Fsp3) is 0.440. The molecule has 2 heterocycles. The Hall–Kier alpha value is -2.78. The van der Waals surface area contributed by atoms with Gasteiger partial charge in [0.2, 0.25) is 0 Å². The number of esters is 1. The van der Waals surface area contributed by atoms with Crippen LogP contribution in [0.3, 0.4) is 0 Å². The Morgan fingerprint density at radius 3 is 2.51 bits per heavy atom. The lowest BCUT2D eigenvalue weighted by Crippen LogP contribution is -3.11. The van der Waals surface area contributed by atoms with E-state index in [1.807, 2.05) is 5.38 Å². The van der Waals surface area contributed by atoms with Crippen molar-refractivity contribution in [2.75, 3.05) is 6.61 Å². The highest BCUT2D eigenvalue weighted by Gasteiger charge is 3.12. The van der Waals surface area contributed by atoms with Gasteiger partial charge >= 0.3 is 11.9 Å². The minimum Gasteiger partial charge on any atom is -0.481 e. The molecule has 1 aliphatic heterocycles. The van der Waals surface area contributed by atoms with Crippen LogP contribution in [0.4, 0.5) is 4.39 Å². The number of hydrogen-bond donors (Lipinski definition) is 2. The van der Waals surface area contributed by atoms with Gasteiger partial charge in [0.1, 0.15) is 11.9 Å². The van der Waals surface area contributed by atoms with Crippen LogP contribution in [0.1, 0.15) is 23.5 Å². The summed E-state index contributed by atoms with van der Waals surface area (Å²) in [6.07, 6.45) is 1.69. The fourth-order valence-electron chi connectivity index (χ4n) is 9.14. The minimum atomic E-state index is -0.787. The monoisotopic (exact) mass is 511 g/mol. The number of aliphatic carboxylic acids is 1. The number of hydrogen-bond acceptors (Lipinski definition) is 7. The minimum absolute atomic E-state index is 0.00562. The number of nitrogens with zero attached hydrogens (tertiary/aromatic N) is 2. The zero-order chi connectivity index (χ0) is 24.0. The molecular formula is C25H19ClFN3O4S. The Labute approximate surface area is 208 Å². The quantitative estimate of drug-likeness (QED) is 0.574. The molecule has 1 atom stereocenters. The van der Waals surface area contributed by atoms with E-state index in [1.165, 1.54) is 23.5 Å². The predicted molar refractivity (Wildman–Crippen MR) is 123 cm³/mol. The van der Waals surface area contributed by atoms with Gasteiger partial charge in [-0.15, -0.1) is 11.3 Å². The predicted octanol–water partition coefficient (Wildman–Crippen LogP) is 3.67. The maximum absolute atomic E-state index is 14.5. The van der Waals surface area contributed by atoms with E-state index in [4.69, 9.17) is 21.3 Å². The first-order valence-corrected chi connectivity index (χ1v) is 13.0. The van der Waals surface area contributed by atoms with E-state index in [0.717, 1.165) is 5.70 Å². The molecular weight excluding hydrogens is 493 g/mol. The number of ether oxygens (including phenoxy) is 1. The van der Waals surface area contributed by atoms with Crippen LogP contribution < -0.4 is 5.32 Å². The average Bonchev–Trinajstić information content (AvgIpc) is 3.40. The number of halogens is 2. The van der Waals surface area contributed by atoms with Crippen molar-refractivity contribution in [1.29, 1.82) is 0 Å². The molecule has 0 spiro atoms. The third kappa shape index (κ3) is 1.84. The summed E-state index contributed by atoms with van der Waals surface area (Å²) >= 11 is 7.37. The largest absolute Gasteiger partial charge is 0.481 e. The number of amidine groups is 1. The summed E-state index contributed by atoms with van der Waals surface area (Å²) in [4.78, 5) is 34.7. The van der Waals surface area contributed by atoms with E-state index < -0.39 is 29.2 Å². The standard InChI is InChI=1S/C25H19ClFN3O4S/c1-2-34-22(31)11-18(8-3-4-9(26)10(27)7-8)29-20(21-28-5-6-35-21)30-19(11)24-12-15-13(24)17-14(24)16(12)25(15,17)23(32)33/h3-7,12-18H,2H2,1H3,(H,29,30)(H,32,33)/t12?,13?,14?,15?,16?,17?,18-,24?,25?/m0/s1. The van der Waals surface area contributed by atoms with Crippen molar-refractivity contribution in [3.63, 3.8) is 0 Å². The number of thiazole rings is 1. The number of nitrogens with one attached hydrogen (secondary N) is 1. The van der Waals surface area contributed by atoms with Crippen LogP contribution in [0, 0.1) is 52.2 Å². The first-order chi connectivity index (χ1) is 16.9. The molecule has 35 heavy (non-hydrogen) atoms. The van der Waals surface area contributed by atoms with Gasteiger partial charge in [0.25, 0.3) is 0 Å². The van der Waals surface area contributed by atoms with E-state index >= 15 is 0 Å². The smallest absolute Gasteiger partial charge is 0.338 e. The molecule has 0 saturated heterocycles. The summed E-state index contributed by atoms with van der Waals surface area (Å²) in [7, 11) is 0. The first kappa shape index (κ1) is 20.4. The van der Waals surface area contributed by atoms with Crippen LogP contribution >= 0.6 is 22.9 Å². The van der Waals surface area contributed by atoms with Gasteiger partial charge in [0.15, 0.2) is 10.8 Å². The van der Waals surface area contributed by atoms with Crippen LogP contribution in [-0.2, 0) is 14.3 Å². The number of rotatable bonds is 6. The van der Waals surface area contributed by atoms with Crippen molar-refractivity contribution in [3.05, 3.63) is 62.5 Å². The summed E-state index contributed by atoms with van der Waals surface area (Å²) < 4.78 is 20.0. The van der Waals surface area contributed by atoms with Crippen molar-refractivity contribution in [2.24, 2.45) is 51.3 Å². The van der Waals surface area contributed by atoms with Gasteiger partial charge in [-0.3, -0.25) is 9.79 Å². The lowest BCUT2D eigenvalue weighted by atomic mass is 8.92. The number of carboxylic acid groups (broad SMARTS) is 1. The molecule has 0 amide bonds. The number of benzene rings is 1. The van der Waals surface area contributed by atoms with Gasteiger partial charge in [-0.25, -0.2) is 14.2 Å². The van der Waals surface area contributed by atoms with Gasteiger partial charge in [0, 0.05) is 22.7 Å². The van der Waals surface area contributed by atoms with E-state index in [2.05, 4.69) is 10.3 Å². The van der Waals surface area contributed by atoms with E-state index in [1.54, 1.807) is 19.2 Å². The Kier molecular flexibility index (Phi) is 3.57. The first-order valence-electron chi connectivity index (χ1n) is 11.7. The van der Waals surface area contributed by atoms with Crippen molar-refractivity contribution in [1.82, 2.24) is 10.3 Å². The number of aromatic nitrogens is 1. The van der Waals surface area contributed by atoms with Crippen LogP contribution in [0.2, 0.25) is 5.02 Å². The highest BCUT2D eigenvalue weighted by molar-refractivity contribution is 7.11. The van der Waals surface area contributed by atoms with Gasteiger partial charge in [0.05, 0.1) is 22.6 Å². The maximum Gasteiger partial charge on any atom is 0.338 e. The second-order valence-electron chi connectivity index (χ2n) is 10.4. The van der Waals surface area contributed by atoms with Gasteiger partial charge in [-0.05, 0) is 60.1 Å². The Morgan fingerprint density at radius 1 is 1.23 bits per heavy atom. The topological polar surface area (TPSA) is 101 Å². The number of carbonyl (C=O) groups excluding carboxylic acids is 1. The third-order valence-corrected chi connectivity index (χ3v) is 11.0. The molecule has 6 fully saturated rings. The van der Waals surface area contributed by atoms with Crippen LogP contribution in [0.15, 0.2) is 46.0 Å². The van der Waals surface area contributed by atoms with Crippen molar-refractivity contribution >= 4 is 40.7 Å². The summed E-state index contributed by atoms with van der Waals surface area (Å²) in [6.45, 7) is 1.94. The molecule has 2 aromatic rings. The zero-order valence-electron chi connectivity index (χ0n) is 18.4. The second-order valence-corrected chi connectivity index (χ2v) is 11.7. The molecule has 7 nitrogen and oxygen atoms in total. The number of aliphatic imine (C=N–C) groups is 1. The summed E-state index contributed by atoms with van der Waals surface area (Å²) in [6, 6.07) is 3.68.